The van der Waals surface area contributed by atoms with Crippen LogP contribution in [0.3, 0.4) is 0 Å². The van der Waals surface area contributed by atoms with Gasteiger partial charge in [-0.2, -0.15) is 0 Å². The molecule has 3 N–H and O–H groups in total. The van der Waals surface area contributed by atoms with Gasteiger partial charge >= 0.3 is 18.0 Å². The maximum absolute atomic E-state index is 13.5. The fraction of sp³-hybridized carbons (Fsp3) is 0.281. The maximum Gasteiger partial charge on any atom is 0.338 e. The highest BCUT2D eigenvalue weighted by Gasteiger charge is 2.38. The summed E-state index contributed by atoms with van der Waals surface area (Å²) in [5.41, 5.74) is 5.58. The minimum Gasteiger partial charge on any atom is -0.463 e. The van der Waals surface area contributed by atoms with Gasteiger partial charge in [-0.1, -0.05) is 73.5 Å². The van der Waals surface area contributed by atoms with Crippen LogP contribution in [-0.2, 0) is 9.53 Å². The van der Waals surface area contributed by atoms with E-state index in [4.69, 9.17) is 4.74 Å². The van der Waals surface area contributed by atoms with Gasteiger partial charge in [-0.25, -0.2) is 14.4 Å². The molecular weight excluding hydrogens is 504 g/mol. The van der Waals surface area contributed by atoms with E-state index in [0.717, 1.165) is 29.5 Å². The van der Waals surface area contributed by atoms with Crippen molar-refractivity contribution < 1.29 is 19.1 Å². The van der Waals surface area contributed by atoms with Gasteiger partial charge in [0.15, 0.2) is 0 Å². The molecule has 0 aliphatic carbocycles. The van der Waals surface area contributed by atoms with Crippen molar-refractivity contribution in [3.8, 4) is 0 Å². The Kier molecular flexibility index (Phi) is 9.22. The monoisotopic (exact) mass is 540 g/mol. The van der Waals surface area contributed by atoms with Gasteiger partial charge in [-0.05, 0) is 62.1 Å². The lowest BCUT2D eigenvalue weighted by Crippen LogP contribution is -2.48. The molecule has 0 radical (unpaired) electrons. The summed E-state index contributed by atoms with van der Waals surface area (Å²) in [5.74, 6) is -0.501. The summed E-state index contributed by atoms with van der Waals surface area (Å²) in [7, 11) is 0. The highest BCUT2D eigenvalue weighted by Crippen LogP contribution is 2.37. The molecule has 4 rings (SSSR count). The summed E-state index contributed by atoms with van der Waals surface area (Å²) in [5, 5.41) is 8.76. The van der Waals surface area contributed by atoms with Crippen molar-refractivity contribution >= 4 is 35.1 Å². The maximum atomic E-state index is 13.5. The minimum atomic E-state index is -0.774. The van der Waals surface area contributed by atoms with Gasteiger partial charge in [-0.3, -0.25) is 4.90 Å². The lowest BCUT2D eigenvalue weighted by molar-refractivity contribution is -0.138. The highest BCUT2D eigenvalue weighted by atomic mass is 16.5. The number of esters is 1. The first-order valence-corrected chi connectivity index (χ1v) is 13.6. The van der Waals surface area contributed by atoms with Gasteiger partial charge in [0.1, 0.15) is 0 Å². The third kappa shape index (κ3) is 6.51. The van der Waals surface area contributed by atoms with Gasteiger partial charge in [0.05, 0.1) is 23.9 Å². The summed E-state index contributed by atoms with van der Waals surface area (Å²) in [6, 6.07) is 20.9. The molecule has 0 fully saturated rings. The van der Waals surface area contributed by atoms with Crippen LogP contribution in [0.25, 0.3) is 5.70 Å². The predicted molar refractivity (Wildman–Crippen MR) is 158 cm³/mol. The molecule has 0 aromatic heterocycles. The Hall–Kier alpha value is -4.59. The SMILES string of the molecule is CCCCN1C(=O)N[C@@H](c2cccc(NC(=O)Nc3ccc(C)cc3C)c2)C(C(=O)OCC)=C1c1ccccc1. The Labute approximate surface area is 235 Å². The van der Waals surface area contributed by atoms with Crippen LogP contribution < -0.4 is 16.0 Å². The number of amides is 4. The molecule has 1 aliphatic heterocycles. The number of ether oxygens (including phenoxy) is 1. The average Bonchev–Trinajstić information content (AvgIpc) is 2.94. The normalized spacial score (nSPS) is 14.9. The van der Waals surface area contributed by atoms with E-state index in [9.17, 15) is 14.4 Å². The summed E-state index contributed by atoms with van der Waals surface area (Å²) in [6.07, 6.45) is 1.67. The van der Waals surface area contributed by atoms with Gasteiger partial charge in [0.25, 0.3) is 0 Å². The van der Waals surface area contributed by atoms with Crippen LogP contribution >= 0.6 is 0 Å². The molecule has 40 heavy (non-hydrogen) atoms. The quantitative estimate of drug-likeness (QED) is 0.260. The number of benzene rings is 3. The number of rotatable bonds is 9. The third-order valence-corrected chi connectivity index (χ3v) is 6.71. The highest BCUT2D eigenvalue weighted by molar-refractivity contribution is 6.05. The fourth-order valence-electron chi connectivity index (χ4n) is 4.80. The van der Waals surface area contributed by atoms with Crippen LogP contribution in [0.15, 0.2) is 78.4 Å². The first-order valence-electron chi connectivity index (χ1n) is 13.6. The molecule has 0 spiro atoms. The van der Waals surface area contributed by atoms with Crippen LogP contribution in [0.5, 0.6) is 0 Å². The van der Waals surface area contributed by atoms with Gasteiger partial charge in [0.2, 0.25) is 0 Å². The summed E-state index contributed by atoms with van der Waals surface area (Å²) in [6.45, 7) is 8.40. The lowest BCUT2D eigenvalue weighted by Gasteiger charge is -2.37. The Morgan fingerprint density at radius 3 is 2.42 bits per heavy atom. The van der Waals surface area contributed by atoms with E-state index in [1.54, 1.807) is 30.0 Å². The van der Waals surface area contributed by atoms with Crippen molar-refractivity contribution in [3.05, 3.63) is 101 Å². The van der Waals surface area contributed by atoms with E-state index in [1.165, 1.54) is 0 Å². The zero-order valence-electron chi connectivity index (χ0n) is 23.4. The van der Waals surface area contributed by atoms with E-state index >= 15 is 0 Å². The molecule has 0 bridgehead atoms. The number of hydrogen-bond acceptors (Lipinski definition) is 4. The molecular formula is C32H36N4O4. The van der Waals surface area contributed by atoms with Crippen LogP contribution in [0.1, 0.15) is 55.0 Å². The Balaban J connectivity index is 1.72. The van der Waals surface area contributed by atoms with Crippen molar-refractivity contribution in [3.63, 3.8) is 0 Å². The lowest BCUT2D eigenvalue weighted by atomic mass is 9.91. The molecule has 0 unspecified atom stereocenters. The molecule has 8 heteroatoms. The third-order valence-electron chi connectivity index (χ3n) is 6.71. The van der Waals surface area contributed by atoms with E-state index in [2.05, 4.69) is 22.9 Å². The number of carbonyl (C=O) groups excluding carboxylic acids is 3. The zero-order valence-corrected chi connectivity index (χ0v) is 23.4. The smallest absolute Gasteiger partial charge is 0.338 e. The number of carbonyl (C=O) groups is 3. The Morgan fingerprint density at radius 1 is 0.950 bits per heavy atom. The largest absolute Gasteiger partial charge is 0.463 e. The zero-order chi connectivity index (χ0) is 28.6. The topological polar surface area (TPSA) is 99.8 Å². The summed E-state index contributed by atoms with van der Waals surface area (Å²) < 4.78 is 5.50. The van der Waals surface area contributed by atoms with Crippen molar-refractivity contribution in [2.75, 3.05) is 23.8 Å². The number of hydrogen-bond donors (Lipinski definition) is 3. The van der Waals surface area contributed by atoms with Crippen LogP contribution in [0, 0.1) is 13.8 Å². The van der Waals surface area contributed by atoms with Gasteiger partial charge in [0, 0.05) is 17.9 Å². The average molecular weight is 541 g/mol. The molecule has 208 valence electrons. The van der Waals surface area contributed by atoms with E-state index < -0.39 is 18.0 Å². The van der Waals surface area contributed by atoms with E-state index in [0.29, 0.717) is 34.8 Å². The first kappa shape index (κ1) is 28.4. The first-order chi connectivity index (χ1) is 19.3. The van der Waals surface area contributed by atoms with Crippen LogP contribution in [0.4, 0.5) is 21.0 Å². The number of urea groups is 2. The van der Waals surface area contributed by atoms with E-state index in [-0.39, 0.29) is 12.6 Å². The number of anilines is 2. The number of unbranched alkanes of at least 4 members (excludes halogenated alkanes) is 1. The van der Waals surface area contributed by atoms with Crippen LogP contribution in [-0.4, -0.2) is 36.1 Å². The molecule has 3 aromatic rings. The molecule has 1 aliphatic rings. The molecule has 1 atom stereocenters. The van der Waals surface area contributed by atoms with Crippen LogP contribution in [0.2, 0.25) is 0 Å². The molecule has 0 saturated carbocycles. The second-order valence-corrected chi connectivity index (χ2v) is 9.76. The van der Waals surface area contributed by atoms with E-state index in [1.807, 2.05) is 68.4 Å². The fourth-order valence-corrected chi connectivity index (χ4v) is 4.80. The van der Waals surface area contributed by atoms with Crippen molar-refractivity contribution in [2.24, 2.45) is 0 Å². The van der Waals surface area contributed by atoms with Crippen molar-refractivity contribution in [1.29, 1.82) is 0 Å². The molecule has 0 saturated heterocycles. The summed E-state index contributed by atoms with van der Waals surface area (Å²) >= 11 is 0. The standard InChI is InChI=1S/C32H36N4O4/c1-5-7-18-36-29(23-12-9-8-10-13-23)27(30(37)40-6-2)28(35-32(36)39)24-14-11-15-25(20-24)33-31(38)34-26-17-16-21(3)19-22(26)4/h8-17,19-20,28H,5-7,18H2,1-4H3,(H,35,39)(H2,33,34,38)/t28-/m0/s1. The second kappa shape index (κ2) is 13.0. The number of nitrogens with zero attached hydrogens (tertiary/aromatic N) is 1. The Bertz CT molecular complexity index is 1420. The number of aryl methyl sites for hydroxylation is 2. The van der Waals surface area contributed by atoms with Crippen molar-refractivity contribution in [1.82, 2.24) is 10.2 Å². The van der Waals surface area contributed by atoms with Gasteiger partial charge in [-0.15, -0.1) is 0 Å². The van der Waals surface area contributed by atoms with Crippen molar-refractivity contribution in [2.45, 2.75) is 46.6 Å². The minimum absolute atomic E-state index is 0.195. The van der Waals surface area contributed by atoms with Gasteiger partial charge < -0.3 is 20.7 Å². The predicted octanol–water partition coefficient (Wildman–Crippen LogP) is 6.79. The Morgan fingerprint density at radius 2 is 1.73 bits per heavy atom. The second-order valence-electron chi connectivity index (χ2n) is 9.76. The molecule has 8 nitrogen and oxygen atoms in total. The molecule has 3 aromatic carbocycles. The molecule has 1 heterocycles. The molecule has 4 amide bonds. The number of nitrogens with one attached hydrogen (secondary N) is 3. The summed E-state index contributed by atoms with van der Waals surface area (Å²) in [4.78, 5) is 41.4.